The van der Waals surface area contributed by atoms with Crippen LogP contribution >= 0.6 is 0 Å². The molecule has 0 amide bonds. The van der Waals surface area contributed by atoms with Gasteiger partial charge in [-0.05, 0) is 52.6 Å². The van der Waals surface area contributed by atoms with Crippen molar-refractivity contribution in [3.8, 4) is 5.88 Å². The zero-order valence-corrected chi connectivity index (χ0v) is 12.9. The van der Waals surface area contributed by atoms with Gasteiger partial charge in [0.1, 0.15) is 12.1 Å². The molecule has 0 radical (unpaired) electrons. The second-order valence-corrected chi connectivity index (χ2v) is 5.29. The third kappa shape index (κ3) is 3.60. The number of hydrogen-bond acceptors (Lipinski definition) is 5. The summed E-state index contributed by atoms with van der Waals surface area (Å²) in [7, 11) is 0. The van der Waals surface area contributed by atoms with E-state index in [0.717, 1.165) is 43.5 Å². The fourth-order valence-electron chi connectivity index (χ4n) is 2.77. The van der Waals surface area contributed by atoms with Crippen LogP contribution in [0.2, 0.25) is 0 Å². The lowest BCUT2D eigenvalue weighted by molar-refractivity contribution is 0.323. The SMILES string of the molecule is CCOc1ncnc(N(CC)CC2CCNCC2)c1C. The van der Waals surface area contributed by atoms with E-state index in [2.05, 4.69) is 27.1 Å². The maximum absolute atomic E-state index is 5.57. The number of rotatable bonds is 6. The van der Waals surface area contributed by atoms with Crippen LogP contribution in [0.3, 0.4) is 0 Å². The van der Waals surface area contributed by atoms with Crippen molar-refractivity contribution in [2.75, 3.05) is 37.7 Å². The van der Waals surface area contributed by atoms with Crippen LogP contribution in [0.5, 0.6) is 5.88 Å². The zero-order chi connectivity index (χ0) is 14.4. The zero-order valence-electron chi connectivity index (χ0n) is 12.9. The molecule has 1 saturated heterocycles. The van der Waals surface area contributed by atoms with Crippen molar-refractivity contribution in [3.63, 3.8) is 0 Å². The molecular formula is C15H26N4O. The molecule has 5 heteroatoms. The summed E-state index contributed by atoms with van der Waals surface area (Å²) < 4.78 is 5.57. The van der Waals surface area contributed by atoms with Crippen molar-refractivity contribution in [1.29, 1.82) is 0 Å². The topological polar surface area (TPSA) is 50.3 Å². The minimum absolute atomic E-state index is 0.637. The highest BCUT2D eigenvalue weighted by atomic mass is 16.5. The number of piperidine rings is 1. The molecule has 0 unspecified atom stereocenters. The summed E-state index contributed by atoms with van der Waals surface area (Å²) in [5.41, 5.74) is 1.05. The first kappa shape index (κ1) is 15.0. The van der Waals surface area contributed by atoms with Crippen LogP contribution in [0.15, 0.2) is 6.33 Å². The van der Waals surface area contributed by atoms with Gasteiger partial charge in [-0.25, -0.2) is 9.97 Å². The van der Waals surface area contributed by atoms with E-state index in [1.807, 2.05) is 13.8 Å². The molecule has 1 aliphatic rings. The summed E-state index contributed by atoms with van der Waals surface area (Å²) in [4.78, 5) is 11.1. The van der Waals surface area contributed by atoms with Crippen molar-refractivity contribution in [2.24, 2.45) is 5.92 Å². The van der Waals surface area contributed by atoms with E-state index in [4.69, 9.17) is 4.74 Å². The monoisotopic (exact) mass is 278 g/mol. The predicted octanol–water partition coefficient (Wildman–Crippen LogP) is 2.01. The van der Waals surface area contributed by atoms with Gasteiger partial charge in [-0.1, -0.05) is 0 Å². The van der Waals surface area contributed by atoms with E-state index >= 15 is 0 Å². The Morgan fingerprint density at radius 3 is 2.70 bits per heavy atom. The van der Waals surface area contributed by atoms with E-state index in [-0.39, 0.29) is 0 Å². The molecule has 2 heterocycles. The lowest BCUT2D eigenvalue weighted by atomic mass is 9.97. The Balaban J connectivity index is 2.11. The van der Waals surface area contributed by atoms with Crippen molar-refractivity contribution in [3.05, 3.63) is 11.9 Å². The highest BCUT2D eigenvalue weighted by Crippen LogP contribution is 2.25. The van der Waals surface area contributed by atoms with Crippen LogP contribution in [-0.2, 0) is 0 Å². The number of hydrogen-bond donors (Lipinski definition) is 1. The number of nitrogens with zero attached hydrogens (tertiary/aromatic N) is 3. The van der Waals surface area contributed by atoms with Crippen LogP contribution < -0.4 is 15.0 Å². The smallest absolute Gasteiger partial charge is 0.221 e. The molecule has 1 aliphatic heterocycles. The number of anilines is 1. The minimum atomic E-state index is 0.637. The average molecular weight is 278 g/mol. The van der Waals surface area contributed by atoms with Crippen LogP contribution in [0.1, 0.15) is 32.3 Å². The third-order valence-electron chi connectivity index (χ3n) is 3.91. The summed E-state index contributed by atoms with van der Waals surface area (Å²) in [6.45, 7) is 11.2. The molecule has 1 aromatic heterocycles. The highest BCUT2D eigenvalue weighted by Gasteiger charge is 2.19. The van der Waals surface area contributed by atoms with Gasteiger partial charge in [0.2, 0.25) is 5.88 Å². The van der Waals surface area contributed by atoms with Crippen molar-refractivity contribution >= 4 is 5.82 Å². The van der Waals surface area contributed by atoms with Gasteiger partial charge in [-0.2, -0.15) is 0 Å². The molecule has 112 valence electrons. The normalized spacial score (nSPS) is 16.1. The van der Waals surface area contributed by atoms with Gasteiger partial charge in [0, 0.05) is 13.1 Å². The molecule has 0 aromatic carbocycles. The molecule has 0 bridgehead atoms. The lowest BCUT2D eigenvalue weighted by Gasteiger charge is -2.31. The second-order valence-electron chi connectivity index (χ2n) is 5.29. The molecule has 5 nitrogen and oxygen atoms in total. The molecule has 0 spiro atoms. The van der Waals surface area contributed by atoms with Gasteiger partial charge in [-0.3, -0.25) is 0 Å². The van der Waals surface area contributed by atoms with Crippen LogP contribution in [0, 0.1) is 12.8 Å². The third-order valence-corrected chi connectivity index (χ3v) is 3.91. The molecule has 0 aliphatic carbocycles. The van der Waals surface area contributed by atoms with Crippen LogP contribution in [0.4, 0.5) is 5.82 Å². The Labute approximate surface area is 121 Å². The van der Waals surface area contributed by atoms with Crippen LogP contribution in [-0.4, -0.2) is 42.8 Å². The maximum Gasteiger partial charge on any atom is 0.221 e. The van der Waals surface area contributed by atoms with E-state index < -0.39 is 0 Å². The van der Waals surface area contributed by atoms with Crippen molar-refractivity contribution < 1.29 is 4.74 Å². The van der Waals surface area contributed by atoms with Gasteiger partial charge in [0.15, 0.2) is 0 Å². The van der Waals surface area contributed by atoms with Gasteiger partial charge in [0.05, 0.1) is 12.2 Å². The Morgan fingerprint density at radius 1 is 1.30 bits per heavy atom. The van der Waals surface area contributed by atoms with Crippen molar-refractivity contribution in [2.45, 2.75) is 33.6 Å². The summed E-state index contributed by atoms with van der Waals surface area (Å²) in [5, 5.41) is 3.42. The Bertz CT molecular complexity index is 418. The van der Waals surface area contributed by atoms with E-state index in [1.54, 1.807) is 6.33 Å². The fraction of sp³-hybridized carbons (Fsp3) is 0.733. The predicted molar refractivity (Wildman–Crippen MR) is 81.4 cm³/mol. The first-order chi connectivity index (χ1) is 9.76. The Hall–Kier alpha value is -1.36. The number of ether oxygens (including phenoxy) is 1. The summed E-state index contributed by atoms with van der Waals surface area (Å²) >= 11 is 0. The molecular weight excluding hydrogens is 252 g/mol. The Kier molecular flexibility index (Phi) is 5.59. The number of nitrogens with one attached hydrogen (secondary N) is 1. The minimum Gasteiger partial charge on any atom is -0.478 e. The standard InChI is InChI=1S/C15H26N4O/c1-4-19(10-13-6-8-16-9-7-13)14-12(3)15(20-5-2)18-11-17-14/h11,13,16H,4-10H2,1-3H3. The van der Waals surface area contributed by atoms with Crippen LogP contribution in [0.25, 0.3) is 0 Å². The molecule has 1 aromatic rings. The van der Waals surface area contributed by atoms with Gasteiger partial charge < -0.3 is 15.0 Å². The Morgan fingerprint density at radius 2 is 2.05 bits per heavy atom. The first-order valence-electron chi connectivity index (χ1n) is 7.66. The van der Waals surface area contributed by atoms with Gasteiger partial charge in [-0.15, -0.1) is 0 Å². The van der Waals surface area contributed by atoms with E-state index in [9.17, 15) is 0 Å². The lowest BCUT2D eigenvalue weighted by Crippen LogP contribution is -2.36. The summed E-state index contributed by atoms with van der Waals surface area (Å²) in [6, 6.07) is 0. The van der Waals surface area contributed by atoms with Gasteiger partial charge in [0.25, 0.3) is 0 Å². The quantitative estimate of drug-likeness (QED) is 0.862. The second kappa shape index (κ2) is 7.43. The van der Waals surface area contributed by atoms with Gasteiger partial charge >= 0.3 is 0 Å². The first-order valence-corrected chi connectivity index (χ1v) is 7.66. The van der Waals surface area contributed by atoms with Crippen molar-refractivity contribution in [1.82, 2.24) is 15.3 Å². The largest absolute Gasteiger partial charge is 0.478 e. The summed E-state index contributed by atoms with van der Waals surface area (Å²) in [6.07, 6.45) is 4.11. The molecule has 0 saturated carbocycles. The van der Waals surface area contributed by atoms with E-state index in [1.165, 1.54) is 12.8 Å². The fourth-order valence-corrected chi connectivity index (χ4v) is 2.77. The maximum atomic E-state index is 5.57. The molecule has 2 rings (SSSR count). The number of aromatic nitrogens is 2. The molecule has 20 heavy (non-hydrogen) atoms. The molecule has 1 fully saturated rings. The average Bonchev–Trinajstić information content (AvgIpc) is 2.49. The summed E-state index contributed by atoms with van der Waals surface area (Å²) in [5.74, 6) is 2.48. The molecule has 1 N–H and O–H groups in total. The van der Waals surface area contributed by atoms with E-state index in [0.29, 0.717) is 12.5 Å². The molecule has 0 atom stereocenters. The highest BCUT2D eigenvalue weighted by molar-refractivity contribution is 5.50.